The number of hydrogen-bond donors (Lipinski definition) is 6. The van der Waals surface area contributed by atoms with Gasteiger partial charge in [-0.25, -0.2) is 4.79 Å². The quantitative estimate of drug-likeness (QED) is 0.332. The summed E-state index contributed by atoms with van der Waals surface area (Å²) in [5.41, 5.74) is 0.955. The zero-order valence-corrected chi connectivity index (χ0v) is 12.5. The molecule has 0 saturated heterocycles. The molecule has 0 fully saturated rings. The average molecular weight is 327 g/mol. The maximum absolute atomic E-state index is 11.8. The Hall–Kier alpha value is -2.00. The fourth-order valence-electron chi connectivity index (χ4n) is 2.02. The highest BCUT2D eigenvalue weighted by Gasteiger charge is 2.37. The van der Waals surface area contributed by atoms with Gasteiger partial charge in [0.2, 0.25) is 0 Å². The Labute approximate surface area is 133 Å². The number of carboxylic acids is 1. The molecule has 0 bridgehead atoms. The largest absolute Gasteiger partial charge is 0.479 e. The van der Waals surface area contributed by atoms with Crippen molar-refractivity contribution in [3.63, 3.8) is 0 Å². The van der Waals surface area contributed by atoms with E-state index in [0.717, 1.165) is 5.56 Å². The Morgan fingerprint density at radius 3 is 2.04 bits per heavy atom. The van der Waals surface area contributed by atoms with Gasteiger partial charge in [-0.2, -0.15) is 0 Å². The van der Waals surface area contributed by atoms with Crippen molar-refractivity contribution in [2.75, 3.05) is 0 Å². The zero-order chi connectivity index (χ0) is 17.6. The van der Waals surface area contributed by atoms with Crippen LogP contribution in [0.15, 0.2) is 30.3 Å². The van der Waals surface area contributed by atoms with Crippen molar-refractivity contribution in [3.8, 4) is 0 Å². The molecule has 1 rings (SSSR count). The van der Waals surface area contributed by atoms with Crippen molar-refractivity contribution in [1.82, 2.24) is 5.32 Å². The first-order chi connectivity index (χ1) is 10.7. The number of carbonyl (C=O) groups is 2. The molecule has 0 aliphatic rings. The summed E-state index contributed by atoms with van der Waals surface area (Å²) in [6.45, 7) is 1.69. The third kappa shape index (κ3) is 5.61. The molecule has 0 heterocycles. The number of benzene rings is 1. The molecule has 1 amide bonds. The Morgan fingerprint density at radius 1 is 1.00 bits per heavy atom. The first-order valence-corrected chi connectivity index (χ1v) is 7.03. The van der Waals surface area contributed by atoms with Gasteiger partial charge in [-0.15, -0.1) is 0 Å². The summed E-state index contributed by atoms with van der Waals surface area (Å²) < 4.78 is 0. The van der Waals surface area contributed by atoms with Gasteiger partial charge in [0, 0.05) is 6.04 Å². The van der Waals surface area contributed by atoms with Gasteiger partial charge in [-0.1, -0.05) is 30.3 Å². The fourth-order valence-corrected chi connectivity index (χ4v) is 2.02. The lowest BCUT2D eigenvalue weighted by molar-refractivity contribution is -0.166. The van der Waals surface area contributed by atoms with Crippen LogP contribution in [0, 0.1) is 0 Å². The summed E-state index contributed by atoms with van der Waals surface area (Å²) >= 11 is 0. The number of nitrogens with one attached hydrogen (secondary N) is 1. The minimum atomic E-state index is -2.31. The maximum atomic E-state index is 11.8. The third-order valence-electron chi connectivity index (χ3n) is 3.29. The second-order valence-corrected chi connectivity index (χ2v) is 5.31. The van der Waals surface area contributed by atoms with Crippen molar-refractivity contribution < 1.29 is 35.1 Å². The van der Waals surface area contributed by atoms with E-state index in [1.165, 1.54) is 0 Å². The number of aliphatic carboxylic acids is 1. The molecule has 23 heavy (non-hydrogen) atoms. The number of carboxylic acid groups (broad SMARTS) is 1. The maximum Gasteiger partial charge on any atom is 0.335 e. The second-order valence-electron chi connectivity index (χ2n) is 5.31. The van der Waals surface area contributed by atoms with Gasteiger partial charge in [0.1, 0.15) is 12.2 Å². The Balaban J connectivity index is 2.57. The Kier molecular flexibility index (Phi) is 7.11. The third-order valence-corrected chi connectivity index (χ3v) is 3.29. The highest BCUT2D eigenvalue weighted by Crippen LogP contribution is 2.07. The van der Waals surface area contributed by atoms with E-state index in [9.17, 15) is 24.9 Å². The summed E-state index contributed by atoms with van der Waals surface area (Å²) in [5.74, 6) is -2.75. The fraction of sp³-hybridized carbons (Fsp3) is 0.467. The minimum absolute atomic E-state index is 0.367. The van der Waals surface area contributed by atoms with Gasteiger partial charge in [0.25, 0.3) is 5.91 Å². The van der Waals surface area contributed by atoms with Gasteiger partial charge in [0.05, 0.1) is 0 Å². The van der Waals surface area contributed by atoms with Crippen LogP contribution in [0.3, 0.4) is 0 Å². The lowest BCUT2D eigenvalue weighted by Gasteiger charge is -2.25. The normalized spacial score (nSPS) is 17.6. The first-order valence-electron chi connectivity index (χ1n) is 7.03. The lowest BCUT2D eigenvalue weighted by atomic mass is 10.0. The average Bonchev–Trinajstić information content (AvgIpc) is 2.52. The molecule has 0 unspecified atom stereocenters. The molecule has 0 radical (unpaired) electrons. The van der Waals surface area contributed by atoms with E-state index < -0.39 is 36.3 Å². The molecule has 6 N–H and O–H groups in total. The Morgan fingerprint density at radius 2 is 1.52 bits per heavy atom. The van der Waals surface area contributed by atoms with Crippen LogP contribution in [0.5, 0.6) is 0 Å². The highest BCUT2D eigenvalue weighted by molar-refractivity contribution is 5.81. The molecule has 0 aromatic heterocycles. The van der Waals surface area contributed by atoms with Crippen LogP contribution in [-0.2, 0) is 16.0 Å². The number of carbonyl (C=O) groups excluding carboxylic acids is 1. The second kappa shape index (κ2) is 8.59. The predicted octanol–water partition coefficient (Wildman–Crippen LogP) is -1.74. The van der Waals surface area contributed by atoms with E-state index in [2.05, 4.69) is 5.32 Å². The van der Waals surface area contributed by atoms with Crippen molar-refractivity contribution in [1.29, 1.82) is 0 Å². The number of aliphatic hydroxyl groups excluding tert-OH is 4. The van der Waals surface area contributed by atoms with Crippen LogP contribution in [0.1, 0.15) is 12.5 Å². The predicted molar refractivity (Wildman–Crippen MR) is 79.4 cm³/mol. The van der Waals surface area contributed by atoms with Crippen LogP contribution >= 0.6 is 0 Å². The van der Waals surface area contributed by atoms with E-state index in [4.69, 9.17) is 10.2 Å². The van der Waals surface area contributed by atoms with Gasteiger partial charge in [-0.05, 0) is 18.9 Å². The SMILES string of the molecule is C[C@H](Cc1ccccc1)NC(=O)[C@@H](O)[C@@H](O)[C@H](O)[C@@H](O)C(=O)O. The first kappa shape index (κ1) is 19.0. The molecular formula is C15H21NO7. The molecule has 1 aromatic rings. The molecule has 0 aliphatic carbocycles. The molecule has 0 aliphatic heterocycles. The van der Waals surface area contributed by atoms with E-state index in [-0.39, 0.29) is 6.04 Å². The van der Waals surface area contributed by atoms with E-state index in [0.29, 0.717) is 6.42 Å². The summed E-state index contributed by atoms with van der Waals surface area (Å²) in [4.78, 5) is 22.3. The molecular weight excluding hydrogens is 306 g/mol. The number of hydrogen-bond acceptors (Lipinski definition) is 6. The molecule has 8 heteroatoms. The van der Waals surface area contributed by atoms with Crippen molar-refractivity contribution in [2.24, 2.45) is 0 Å². The zero-order valence-electron chi connectivity index (χ0n) is 12.5. The Bertz CT molecular complexity index is 522. The minimum Gasteiger partial charge on any atom is -0.479 e. The van der Waals surface area contributed by atoms with Crippen LogP contribution in [-0.4, -0.2) is 67.9 Å². The number of amides is 1. The van der Waals surface area contributed by atoms with Gasteiger partial charge in [0.15, 0.2) is 12.2 Å². The summed E-state index contributed by atoms with van der Waals surface area (Å²) in [5, 5.41) is 48.8. The van der Waals surface area contributed by atoms with Crippen LogP contribution < -0.4 is 5.32 Å². The molecule has 0 spiro atoms. The molecule has 1 aromatic carbocycles. The van der Waals surface area contributed by atoms with E-state index >= 15 is 0 Å². The smallest absolute Gasteiger partial charge is 0.335 e. The standard InChI is InChI=1S/C15H21NO7/c1-8(7-9-5-3-2-4-6-9)16-14(21)12(19)10(17)11(18)13(20)15(22)23/h2-6,8,10-13,17-20H,7H2,1H3,(H,16,21)(H,22,23)/t8-,10+,11+,12+,13-/m1/s1. The van der Waals surface area contributed by atoms with E-state index in [1.54, 1.807) is 6.92 Å². The van der Waals surface area contributed by atoms with E-state index in [1.807, 2.05) is 30.3 Å². The molecule has 5 atom stereocenters. The van der Waals surface area contributed by atoms with Crippen molar-refractivity contribution in [3.05, 3.63) is 35.9 Å². The highest BCUT2D eigenvalue weighted by atomic mass is 16.4. The van der Waals surface area contributed by atoms with Gasteiger partial charge >= 0.3 is 5.97 Å². The van der Waals surface area contributed by atoms with Gasteiger partial charge in [-0.3, -0.25) is 4.79 Å². The number of rotatable bonds is 8. The summed E-state index contributed by atoms with van der Waals surface area (Å²) in [6.07, 6.45) is -8.23. The lowest BCUT2D eigenvalue weighted by Crippen LogP contribution is -2.53. The summed E-state index contributed by atoms with van der Waals surface area (Å²) in [7, 11) is 0. The number of aliphatic hydroxyl groups is 4. The topological polar surface area (TPSA) is 147 Å². The van der Waals surface area contributed by atoms with Crippen LogP contribution in [0.2, 0.25) is 0 Å². The monoisotopic (exact) mass is 327 g/mol. The molecule has 0 saturated carbocycles. The summed E-state index contributed by atoms with van der Waals surface area (Å²) in [6, 6.07) is 8.88. The van der Waals surface area contributed by atoms with Crippen LogP contribution in [0.4, 0.5) is 0 Å². The molecule has 128 valence electrons. The molecule has 8 nitrogen and oxygen atoms in total. The van der Waals surface area contributed by atoms with Crippen molar-refractivity contribution >= 4 is 11.9 Å². The van der Waals surface area contributed by atoms with Crippen LogP contribution in [0.25, 0.3) is 0 Å². The van der Waals surface area contributed by atoms with Gasteiger partial charge < -0.3 is 30.8 Å². The van der Waals surface area contributed by atoms with Crippen molar-refractivity contribution in [2.45, 2.75) is 43.8 Å².